The molecular weight excluding hydrogens is 252 g/mol. The summed E-state index contributed by atoms with van der Waals surface area (Å²) in [5, 5.41) is 18.2. The van der Waals surface area contributed by atoms with E-state index in [0.717, 1.165) is 5.56 Å². The SMILES string of the molecule is O=C(NCc1ccsc1)NC1C=CC(C(=O)O)C1. The number of aliphatic carboxylic acids is 1. The van der Waals surface area contributed by atoms with Gasteiger partial charge in [0.1, 0.15) is 0 Å². The lowest BCUT2D eigenvalue weighted by atomic mass is 10.1. The fourth-order valence-corrected chi connectivity index (χ4v) is 2.45. The van der Waals surface area contributed by atoms with Crippen LogP contribution in [0.5, 0.6) is 0 Å². The third-order valence-corrected chi connectivity index (χ3v) is 3.48. The normalized spacial score (nSPS) is 21.8. The van der Waals surface area contributed by atoms with Crippen molar-refractivity contribution in [3.05, 3.63) is 34.5 Å². The van der Waals surface area contributed by atoms with Crippen LogP contribution in [0.25, 0.3) is 0 Å². The smallest absolute Gasteiger partial charge is 0.315 e. The van der Waals surface area contributed by atoms with Crippen molar-refractivity contribution in [2.75, 3.05) is 0 Å². The molecule has 0 spiro atoms. The first-order valence-electron chi connectivity index (χ1n) is 5.61. The summed E-state index contributed by atoms with van der Waals surface area (Å²) in [5.74, 6) is -1.35. The minimum absolute atomic E-state index is 0.200. The first kappa shape index (κ1) is 12.6. The van der Waals surface area contributed by atoms with Gasteiger partial charge in [-0.3, -0.25) is 4.79 Å². The van der Waals surface area contributed by atoms with Crippen LogP contribution in [0.3, 0.4) is 0 Å². The Bertz CT molecular complexity index is 456. The summed E-state index contributed by atoms with van der Waals surface area (Å²) in [6.07, 6.45) is 3.76. The summed E-state index contributed by atoms with van der Waals surface area (Å²) in [7, 11) is 0. The van der Waals surface area contributed by atoms with Gasteiger partial charge in [0, 0.05) is 6.54 Å². The Morgan fingerprint density at radius 1 is 1.44 bits per heavy atom. The van der Waals surface area contributed by atoms with Crippen LogP contribution in [0.2, 0.25) is 0 Å². The van der Waals surface area contributed by atoms with Crippen LogP contribution in [-0.2, 0) is 11.3 Å². The van der Waals surface area contributed by atoms with Crippen molar-refractivity contribution in [3.63, 3.8) is 0 Å². The molecule has 1 heterocycles. The molecular formula is C12H14N2O3S. The minimum atomic E-state index is -0.853. The van der Waals surface area contributed by atoms with Gasteiger partial charge in [-0.15, -0.1) is 0 Å². The summed E-state index contributed by atoms with van der Waals surface area (Å²) >= 11 is 1.58. The molecule has 0 radical (unpaired) electrons. The number of carboxylic acid groups (broad SMARTS) is 1. The Morgan fingerprint density at radius 3 is 2.89 bits per heavy atom. The minimum Gasteiger partial charge on any atom is -0.481 e. The van der Waals surface area contributed by atoms with E-state index in [0.29, 0.717) is 13.0 Å². The van der Waals surface area contributed by atoms with Crippen molar-refractivity contribution in [1.82, 2.24) is 10.6 Å². The Morgan fingerprint density at radius 2 is 2.28 bits per heavy atom. The molecule has 5 nitrogen and oxygen atoms in total. The molecule has 3 N–H and O–H groups in total. The van der Waals surface area contributed by atoms with Gasteiger partial charge in [-0.25, -0.2) is 4.79 Å². The molecule has 2 amide bonds. The highest BCUT2D eigenvalue weighted by atomic mass is 32.1. The third kappa shape index (κ3) is 3.33. The lowest BCUT2D eigenvalue weighted by Crippen LogP contribution is -2.40. The quantitative estimate of drug-likeness (QED) is 0.724. The van der Waals surface area contributed by atoms with Crippen molar-refractivity contribution in [2.45, 2.75) is 19.0 Å². The number of thiophene rings is 1. The predicted molar refractivity (Wildman–Crippen MR) is 68.4 cm³/mol. The zero-order valence-electron chi connectivity index (χ0n) is 9.63. The van der Waals surface area contributed by atoms with Gasteiger partial charge in [-0.2, -0.15) is 11.3 Å². The van der Waals surface area contributed by atoms with E-state index in [1.807, 2.05) is 16.8 Å². The van der Waals surface area contributed by atoms with Crippen molar-refractivity contribution < 1.29 is 14.7 Å². The fraction of sp³-hybridized carbons (Fsp3) is 0.333. The molecule has 6 heteroatoms. The van der Waals surface area contributed by atoms with Gasteiger partial charge in [-0.05, 0) is 28.8 Å². The highest BCUT2D eigenvalue weighted by molar-refractivity contribution is 7.07. The van der Waals surface area contributed by atoms with Crippen LogP contribution in [-0.4, -0.2) is 23.1 Å². The highest BCUT2D eigenvalue weighted by Crippen LogP contribution is 2.17. The lowest BCUT2D eigenvalue weighted by molar-refractivity contribution is -0.140. The fourth-order valence-electron chi connectivity index (χ4n) is 1.78. The number of urea groups is 1. The molecule has 0 aliphatic heterocycles. The van der Waals surface area contributed by atoms with Gasteiger partial charge in [0.2, 0.25) is 0 Å². The zero-order valence-corrected chi connectivity index (χ0v) is 10.4. The largest absolute Gasteiger partial charge is 0.481 e. The molecule has 1 aliphatic rings. The Kier molecular flexibility index (Phi) is 3.99. The van der Waals surface area contributed by atoms with Gasteiger partial charge in [0.05, 0.1) is 12.0 Å². The maximum Gasteiger partial charge on any atom is 0.315 e. The third-order valence-electron chi connectivity index (χ3n) is 2.75. The van der Waals surface area contributed by atoms with Crippen LogP contribution in [0.1, 0.15) is 12.0 Å². The average Bonchev–Trinajstić information content (AvgIpc) is 2.96. The lowest BCUT2D eigenvalue weighted by Gasteiger charge is -2.12. The van der Waals surface area contributed by atoms with Crippen molar-refractivity contribution >= 4 is 23.3 Å². The monoisotopic (exact) mass is 266 g/mol. The van der Waals surface area contributed by atoms with Gasteiger partial charge >= 0.3 is 12.0 Å². The first-order valence-corrected chi connectivity index (χ1v) is 6.56. The number of carbonyl (C=O) groups is 2. The second-order valence-electron chi connectivity index (χ2n) is 4.13. The van der Waals surface area contributed by atoms with E-state index >= 15 is 0 Å². The van der Waals surface area contributed by atoms with E-state index in [4.69, 9.17) is 5.11 Å². The second-order valence-corrected chi connectivity index (χ2v) is 4.91. The summed E-state index contributed by atoms with van der Waals surface area (Å²) in [6, 6.07) is 1.47. The number of amides is 2. The average molecular weight is 266 g/mol. The maximum atomic E-state index is 11.6. The number of carbonyl (C=O) groups excluding carboxylic acids is 1. The molecule has 2 unspecified atom stereocenters. The van der Waals surface area contributed by atoms with E-state index in [2.05, 4.69) is 10.6 Å². The maximum absolute atomic E-state index is 11.6. The first-order chi connectivity index (χ1) is 8.65. The van der Waals surface area contributed by atoms with E-state index in [1.54, 1.807) is 23.5 Å². The Balaban J connectivity index is 1.72. The summed E-state index contributed by atoms with van der Waals surface area (Å²) in [5.41, 5.74) is 1.06. The van der Waals surface area contributed by atoms with E-state index in [9.17, 15) is 9.59 Å². The van der Waals surface area contributed by atoms with Crippen LogP contribution >= 0.6 is 11.3 Å². The van der Waals surface area contributed by atoms with Crippen LogP contribution in [0.4, 0.5) is 4.79 Å². The number of hydrogen-bond donors (Lipinski definition) is 3. The van der Waals surface area contributed by atoms with Gasteiger partial charge in [0.25, 0.3) is 0 Å². The molecule has 0 fully saturated rings. The molecule has 1 aromatic rings. The van der Waals surface area contributed by atoms with Crippen molar-refractivity contribution in [3.8, 4) is 0 Å². The number of carboxylic acids is 1. The Hall–Kier alpha value is -1.82. The number of hydrogen-bond acceptors (Lipinski definition) is 3. The van der Waals surface area contributed by atoms with Crippen molar-refractivity contribution in [2.24, 2.45) is 5.92 Å². The number of nitrogens with one attached hydrogen (secondary N) is 2. The van der Waals surface area contributed by atoms with E-state index < -0.39 is 11.9 Å². The topological polar surface area (TPSA) is 78.4 Å². The molecule has 1 aliphatic carbocycles. The molecule has 2 rings (SSSR count). The van der Waals surface area contributed by atoms with Crippen LogP contribution in [0.15, 0.2) is 29.0 Å². The van der Waals surface area contributed by atoms with Crippen LogP contribution in [0, 0.1) is 5.92 Å². The summed E-state index contributed by atoms with van der Waals surface area (Å²) in [4.78, 5) is 22.3. The summed E-state index contributed by atoms with van der Waals surface area (Å²) in [6.45, 7) is 0.480. The van der Waals surface area contributed by atoms with Gasteiger partial charge in [-0.1, -0.05) is 12.2 Å². The van der Waals surface area contributed by atoms with E-state index in [1.165, 1.54) is 0 Å². The zero-order chi connectivity index (χ0) is 13.0. The second kappa shape index (κ2) is 5.68. The highest BCUT2D eigenvalue weighted by Gasteiger charge is 2.25. The van der Waals surface area contributed by atoms with E-state index in [-0.39, 0.29) is 12.1 Å². The van der Waals surface area contributed by atoms with Crippen molar-refractivity contribution in [1.29, 1.82) is 0 Å². The molecule has 96 valence electrons. The van der Waals surface area contributed by atoms with Gasteiger partial charge < -0.3 is 15.7 Å². The molecule has 0 saturated carbocycles. The predicted octanol–water partition coefficient (Wildman–Crippen LogP) is 1.58. The molecule has 0 aromatic carbocycles. The summed E-state index contributed by atoms with van der Waals surface area (Å²) < 4.78 is 0. The molecule has 18 heavy (non-hydrogen) atoms. The molecule has 2 atom stereocenters. The molecule has 1 aromatic heterocycles. The standard InChI is InChI=1S/C12H14N2O3S/c15-11(16)9-1-2-10(5-9)14-12(17)13-6-8-3-4-18-7-8/h1-4,7,9-10H,5-6H2,(H,15,16)(H2,13,14,17). The van der Waals surface area contributed by atoms with Crippen LogP contribution < -0.4 is 10.6 Å². The molecule has 0 saturated heterocycles. The van der Waals surface area contributed by atoms with Gasteiger partial charge in [0.15, 0.2) is 0 Å². The Labute approximate surface area is 109 Å². The molecule has 0 bridgehead atoms. The number of rotatable bonds is 4.